The summed E-state index contributed by atoms with van der Waals surface area (Å²) in [5.74, 6) is 1.55. The van der Waals surface area contributed by atoms with Gasteiger partial charge in [-0.3, -0.25) is 9.78 Å². The van der Waals surface area contributed by atoms with Crippen molar-refractivity contribution in [1.82, 2.24) is 19.9 Å². The molecule has 1 N–H and O–H groups in total. The van der Waals surface area contributed by atoms with Crippen LogP contribution in [0.1, 0.15) is 53.7 Å². The van der Waals surface area contributed by atoms with Crippen molar-refractivity contribution in [3.8, 4) is 0 Å². The highest BCUT2D eigenvalue weighted by Gasteiger charge is 2.28. The molecule has 4 aromatic rings. The van der Waals surface area contributed by atoms with Gasteiger partial charge in [0, 0.05) is 37.5 Å². The molecule has 1 aliphatic heterocycles. The molecule has 32 heavy (non-hydrogen) atoms. The number of pyridine rings is 1. The van der Waals surface area contributed by atoms with Crippen LogP contribution in [0.15, 0.2) is 72.9 Å². The Morgan fingerprint density at radius 3 is 2.25 bits per heavy atom. The number of aromatic amines is 1. The average Bonchev–Trinajstić information content (AvgIpc) is 3.24. The van der Waals surface area contributed by atoms with Gasteiger partial charge in [-0.25, -0.2) is 4.98 Å². The molecule has 162 valence electrons. The number of amides is 1. The van der Waals surface area contributed by atoms with Gasteiger partial charge in [-0.05, 0) is 37.0 Å². The van der Waals surface area contributed by atoms with Crippen molar-refractivity contribution < 1.29 is 4.79 Å². The van der Waals surface area contributed by atoms with Crippen LogP contribution < -0.4 is 0 Å². The molecule has 1 amide bonds. The van der Waals surface area contributed by atoms with Crippen LogP contribution in [-0.4, -0.2) is 38.8 Å². The summed E-state index contributed by atoms with van der Waals surface area (Å²) < 4.78 is 0. The van der Waals surface area contributed by atoms with Gasteiger partial charge in [0.2, 0.25) is 5.91 Å². The lowest BCUT2D eigenvalue weighted by atomic mass is 9.87. The minimum Gasteiger partial charge on any atom is -0.343 e. The Hall–Kier alpha value is -3.47. The standard InChI is InChI=1S/C27H28N4O/c1-19-29-24-12-15-28-26(27(24)30-19)22-13-16-31(17-14-22)25(32)18-23(20-8-4-2-5-9-20)21-10-6-3-7-11-21/h2-12,15,22-23H,13-14,16-18H2,1H3,(H,29,30). The number of benzene rings is 2. The van der Waals surface area contributed by atoms with E-state index in [0.29, 0.717) is 12.3 Å². The van der Waals surface area contributed by atoms with Crippen LogP contribution >= 0.6 is 0 Å². The first kappa shape index (κ1) is 20.4. The zero-order valence-electron chi connectivity index (χ0n) is 18.4. The minimum atomic E-state index is 0.0741. The Kier molecular flexibility index (Phi) is 5.71. The van der Waals surface area contributed by atoms with Gasteiger partial charge in [0.25, 0.3) is 0 Å². The van der Waals surface area contributed by atoms with Crippen LogP contribution in [-0.2, 0) is 4.79 Å². The van der Waals surface area contributed by atoms with E-state index in [2.05, 4.69) is 39.2 Å². The number of aromatic nitrogens is 3. The number of nitrogens with zero attached hydrogens (tertiary/aromatic N) is 3. The third kappa shape index (κ3) is 4.15. The molecule has 5 heteroatoms. The summed E-state index contributed by atoms with van der Waals surface area (Å²) in [5, 5.41) is 0. The highest BCUT2D eigenvalue weighted by Crippen LogP contribution is 2.33. The number of fused-ring (bicyclic) bond motifs is 1. The number of carbonyl (C=O) groups is 1. The number of carbonyl (C=O) groups excluding carboxylic acids is 1. The maximum absolute atomic E-state index is 13.3. The van der Waals surface area contributed by atoms with Crippen molar-refractivity contribution in [1.29, 1.82) is 0 Å². The lowest BCUT2D eigenvalue weighted by molar-refractivity contribution is -0.132. The molecule has 2 aromatic carbocycles. The maximum atomic E-state index is 13.3. The van der Waals surface area contributed by atoms with E-state index in [4.69, 9.17) is 0 Å². The van der Waals surface area contributed by atoms with Crippen LogP contribution in [0, 0.1) is 6.92 Å². The van der Waals surface area contributed by atoms with Gasteiger partial charge >= 0.3 is 0 Å². The van der Waals surface area contributed by atoms with E-state index in [1.54, 1.807) is 0 Å². The van der Waals surface area contributed by atoms with E-state index >= 15 is 0 Å². The molecule has 5 nitrogen and oxygen atoms in total. The number of likely N-dealkylation sites (tertiary alicyclic amines) is 1. The van der Waals surface area contributed by atoms with Crippen molar-refractivity contribution in [3.63, 3.8) is 0 Å². The number of nitrogens with one attached hydrogen (secondary N) is 1. The average molecular weight is 425 g/mol. The second-order valence-corrected chi connectivity index (χ2v) is 8.65. The van der Waals surface area contributed by atoms with Gasteiger partial charge in [-0.15, -0.1) is 0 Å². The number of rotatable bonds is 5. The fourth-order valence-corrected chi connectivity index (χ4v) is 4.88. The molecule has 3 heterocycles. The van der Waals surface area contributed by atoms with Crippen LogP contribution in [0.5, 0.6) is 0 Å². The molecule has 5 rings (SSSR count). The van der Waals surface area contributed by atoms with E-state index in [1.807, 2.05) is 60.5 Å². The summed E-state index contributed by atoms with van der Waals surface area (Å²) in [6.45, 7) is 3.50. The fourth-order valence-electron chi connectivity index (χ4n) is 4.88. The second kappa shape index (κ2) is 8.95. The molecule has 0 spiro atoms. The lowest BCUT2D eigenvalue weighted by Crippen LogP contribution is -2.38. The molecule has 2 aromatic heterocycles. The molecule has 0 bridgehead atoms. The molecule has 0 saturated carbocycles. The first-order chi connectivity index (χ1) is 15.7. The molecule has 0 radical (unpaired) electrons. The molecule has 0 unspecified atom stereocenters. The first-order valence-corrected chi connectivity index (χ1v) is 11.4. The molecule has 1 aliphatic rings. The van der Waals surface area contributed by atoms with Crippen molar-refractivity contribution in [2.75, 3.05) is 13.1 Å². The second-order valence-electron chi connectivity index (χ2n) is 8.65. The Labute approximate surface area is 188 Å². The number of aryl methyl sites for hydroxylation is 1. The Balaban J connectivity index is 1.29. The Morgan fingerprint density at radius 2 is 1.62 bits per heavy atom. The Morgan fingerprint density at radius 1 is 1.00 bits per heavy atom. The smallest absolute Gasteiger partial charge is 0.223 e. The van der Waals surface area contributed by atoms with Crippen molar-refractivity contribution >= 4 is 16.9 Å². The van der Waals surface area contributed by atoms with Crippen LogP contribution in [0.2, 0.25) is 0 Å². The predicted molar refractivity (Wildman–Crippen MR) is 127 cm³/mol. The summed E-state index contributed by atoms with van der Waals surface area (Å²) in [6, 6.07) is 22.7. The van der Waals surface area contributed by atoms with E-state index in [0.717, 1.165) is 48.5 Å². The van der Waals surface area contributed by atoms with Crippen molar-refractivity contribution in [2.45, 2.75) is 38.0 Å². The van der Waals surface area contributed by atoms with Crippen LogP contribution in [0.25, 0.3) is 11.0 Å². The first-order valence-electron chi connectivity index (χ1n) is 11.4. The quantitative estimate of drug-likeness (QED) is 0.479. The number of H-pyrrole nitrogens is 1. The molecular weight excluding hydrogens is 396 g/mol. The van der Waals surface area contributed by atoms with Crippen LogP contribution in [0.3, 0.4) is 0 Å². The van der Waals surface area contributed by atoms with E-state index in [-0.39, 0.29) is 11.8 Å². The summed E-state index contributed by atoms with van der Waals surface area (Å²) in [4.78, 5) is 27.9. The zero-order valence-corrected chi connectivity index (χ0v) is 18.4. The van der Waals surface area contributed by atoms with Gasteiger partial charge in [0.15, 0.2) is 0 Å². The van der Waals surface area contributed by atoms with Crippen molar-refractivity contribution in [2.24, 2.45) is 0 Å². The summed E-state index contributed by atoms with van der Waals surface area (Å²) in [5.41, 5.74) is 5.45. The largest absolute Gasteiger partial charge is 0.343 e. The lowest BCUT2D eigenvalue weighted by Gasteiger charge is -2.33. The normalized spacial score (nSPS) is 14.9. The fraction of sp³-hybridized carbons (Fsp3) is 0.296. The zero-order chi connectivity index (χ0) is 21.9. The number of piperidine rings is 1. The van der Waals surface area contributed by atoms with Gasteiger partial charge in [-0.1, -0.05) is 60.7 Å². The van der Waals surface area contributed by atoms with Crippen molar-refractivity contribution in [3.05, 3.63) is 95.6 Å². The Bertz CT molecular complexity index is 1150. The summed E-state index contributed by atoms with van der Waals surface area (Å²) in [7, 11) is 0. The maximum Gasteiger partial charge on any atom is 0.223 e. The highest BCUT2D eigenvalue weighted by atomic mass is 16.2. The SMILES string of the molecule is Cc1nc2c(C3CCN(C(=O)CC(c4ccccc4)c4ccccc4)CC3)nccc2[nH]1. The molecule has 1 fully saturated rings. The van der Waals surface area contributed by atoms with Gasteiger partial charge < -0.3 is 9.88 Å². The van der Waals surface area contributed by atoms with Gasteiger partial charge in [-0.2, -0.15) is 0 Å². The molecule has 0 aliphatic carbocycles. The van der Waals surface area contributed by atoms with Crippen LogP contribution in [0.4, 0.5) is 0 Å². The molecular formula is C27H28N4O. The number of hydrogen-bond acceptors (Lipinski definition) is 3. The monoisotopic (exact) mass is 424 g/mol. The number of hydrogen-bond donors (Lipinski definition) is 1. The van der Waals surface area contributed by atoms with E-state index < -0.39 is 0 Å². The molecule has 1 saturated heterocycles. The summed E-state index contributed by atoms with van der Waals surface area (Å²) >= 11 is 0. The van der Waals surface area contributed by atoms with Gasteiger partial charge in [0.05, 0.1) is 11.2 Å². The summed E-state index contributed by atoms with van der Waals surface area (Å²) in [6.07, 6.45) is 4.19. The predicted octanol–water partition coefficient (Wildman–Crippen LogP) is 5.19. The van der Waals surface area contributed by atoms with Gasteiger partial charge in [0.1, 0.15) is 11.3 Å². The minimum absolute atomic E-state index is 0.0741. The third-order valence-electron chi connectivity index (χ3n) is 6.56. The topological polar surface area (TPSA) is 61.9 Å². The number of imidazole rings is 1. The highest BCUT2D eigenvalue weighted by molar-refractivity contribution is 5.79. The van der Waals surface area contributed by atoms with E-state index in [1.165, 1.54) is 11.1 Å². The molecule has 0 atom stereocenters. The third-order valence-corrected chi connectivity index (χ3v) is 6.56. The van der Waals surface area contributed by atoms with E-state index in [9.17, 15) is 4.79 Å².